The third-order valence-electron chi connectivity index (χ3n) is 4.01. The smallest absolute Gasteiger partial charge is 0.244 e. The lowest BCUT2D eigenvalue weighted by molar-refractivity contribution is -0.116. The summed E-state index contributed by atoms with van der Waals surface area (Å²) in [6.07, 6.45) is 0. The van der Waals surface area contributed by atoms with E-state index in [1.54, 1.807) is 10.6 Å². The van der Waals surface area contributed by atoms with Crippen LogP contribution in [0.5, 0.6) is 0 Å². The molecule has 2 aromatic carbocycles. The topological polar surface area (TPSA) is 112 Å². The highest BCUT2D eigenvalue weighted by molar-refractivity contribution is 6.31. The van der Waals surface area contributed by atoms with Gasteiger partial charge in [0.25, 0.3) is 0 Å². The minimum Gasteiger partial charge on any atom is -0.379 e. The van der Waals surface area contributed by atoms with Crippen LogP contribution in [0.15, 0.2) is 47.1 Å². The number of carbonyl (C=O) groups is 1. The standard InChI is InChI=1S/C18H15ClN6O2/c1-10-6-11(19)8-12(7-10)21-15(26)9-25-14-5-3-2-4-13(14)22-18(25)16-17(20)24-27-23-16/h2-8H,9H2,1H3,(H2,20,24)(H,21,26). The fourth-order valence-corrected chi connectivity index (χ4v) is 3.21. The van der Waals surface area contributed by atoms with Crippen LogP contribution in [0.3, 0.4) is 0 Å². The van der Waals surface area contributed by atoms with Crippen molar-refractivity contribution in [3.05, 3.63) is 53.1 Å². The van der Waals surface area contributed by atoms with Crippen molar-refractivity contribution >= 4 is 40.0 Å². The minimum absolute atomic E-state index is 0.00765. The van der Waals surface area contributed by atoms with Gasteiger partial charge in [0.2, 0.25) is 5.91 Å². The minimum atomic E-state index is -0.240. The van der Waals surface area contributed by atoms with Crippen LogP contribution in [-0.2, 0) is 11.3 Å². The molecule has 9 heteroatoms. The molecule has 2 heterocycles. The molecule has 0 atom stereocenters. The first kappa shape index (κ1) is 17.0. The molecule has 4 aromatic rings. The fourth-order valence-electron chi connectivity index (χ4n) is 2.92. The predicted molar refractivity (Wildman–Crippen MR) is 102 cm³/mol. The number of anilines is 2. The number of nitrogens with one attached hydrogen (secondary N) is 1. The number of halogens is 1. The molecule has 136 valence electrons. The van der Waals surface area contributed by atoms with E-state index in [9.17, 15) is 4.79 Å². The van der Waals surface area contributed by atoms with Crippen LogP contribution in [0.2, 0.25) is 5.02 Å². The maximum absolute atomic E-state index is 12.7. The SMILES string of the molecule is Cc1cc(Cl)cc(NC(=O)Cn2c(-c3nonc3N)nc3ccccc32)c1. The number of carbonyl (C=O) groups excluding carboxylic acids is 1. The third-order valence-corrected chi connectivity index (χ3v) is 4.23. The Hall–Kier alpha value is -3.39. The maximum Gasteiger partial charge on any atom is 0.244 e. The largest absolute Gasteiger partial charge is 0.379 e. The quantitative estimate of drug-likeness (QED) is 0.560. The van der Waals surface area contributed by atoms with Gasteiger partial charge in [-0.1, -0.05) is 23.7 Å². The molecule has 0 saturated carbocycles. The molecule has 27 heavy (non-hydrogen) atoms. The van der Waals surface area contributed by atoms with Crippen LogP contribution in [0.25, 0.3) is 22.6 Å². The number of nitrogens with two attached hydrogens (primary N) is 1. The molecule has 1 amide bonds. The van der Waals surface area contributed by atoms with E-state index >= 15 is 0 Å². The van der Waals surface area contributed by atoms with Gasteiger partial charge in [-0.05, 0) is 53.1 Å². The first-order valence-electron chi connectivity index (χ1n) is 8.12. The molecule has 4 rings (SSSR count). The zero-order valence-electron chi connectivity index (χ0n) is 14.3. The van der Waals surface area contributed by atoms with Crippen LogP contribution in [0.1, 0.15) is 5.56 Å². The van der Waals surface area contributed by atoms with Gasteiger partial charge in [-0.2, -0.15) is 0 Å². The van der Waals surface area contributed by atoms with Gasteiger partial charge in [-0.25, -0.2) is 9.61 Å². The third kappa shape index (κ3) is 3.34. The van der Waals surface area contributed by atoms with Gasteiger partial charge in [0, 0.05) is 10.7 Å². The number of nitrogens with zero attached hydrogens (tertiary/aromatic N) is 4. The van der Waals surface area contributed by atoms with Crippen molar-refractivity contribution in [1.29, 1.82) is 0 Å². The Bertz CT molecular complexity index is 1130. The molecule has 2 aromatic heterocycles. The molecule has 0 aliphatic rings. The summed E-state index contributed by atoms with van der Waals surface area (Å²) in [5, 5.41) is 10.8. The highest BCUT2D eigenvalue weighted by Crippen LogP contribution is 2.26. The zero-order valence-corrected chi connectivity index (χ0v) is 15.1. The summed E-state index contributed by atoms with van der Waals surface area (Å²) in [6, 6.07) is 12.8. The molecule has 3 N–H and O–H groups in total. The number of hydrogen-bond acceptors (Lipinski definition) is 6. The highest BCUT2D eigenvalue weighted by Gasteiger charge is 2.20. The van der Waals surface area contributed by atoms with Gasteiger partial charge in [0.05, 0.1) is 11.0 Å². The van der Waals surface area contributed by atoms with Crippen LogP contribution in [0, 0.1) is 6.92 Å². The molecular weight excluding hydrogens is 368 g/mol. The summed E-state index contributed by atoms with van der Waals surface area (Å²) < 4.78 is 6.40. The maximum atomic E-state index is 12.7. The van der Waals surface area contributed by atoms with Crippen molar-refractivity contribution in [2.75, 3.05) is 11.1 Å². The lowest BCUT2D eigenvalue weighted by Gasteiger charge is -2.10. The van der Waals surface area contributed by atoms with E-state index in [-0.39, 0.29) is 24.0 Å². The zero-order chi connectivity index (χ0) is 19.0. The second kappa shape index (κ2) is 6.73. The highest BCUT2D eigenvalue weighted by atomic mass is 35.5. The Labute approximate surface area is 158 Å². The van der Waals surface area contributed by atoms with Gasteiger partial charge in [-0.15, -0.1) is 0 Å². The molecule has 0 bridgehead atoms. The van der Waals surface area contributed by atoms with Crippen LogP contribution in [-0.4, -0.2) is 25.8 Å². The molecule has 0 unspecified atom stereocenters. The summed E-state index contributed by atoms with van der Waals surface area (Å²) in [6.45, 7) is 1.91. The van der Waals surface area contributed by atoms with Crippen LogP contribution >= 0.6 is 11.6 Å². The summed E-state index contributed by atoms with van der Waals surface area (Å²) in [5.74, 6) is 0.279. The second-order valence-electron chi connectivity index (χ2n) is 6.07. The summed E-state index contributed by atoms with van der Waals surface area (Å²) in [7, 11) is 0. The number of benzene rings is 2. The van der Waals surface area contributed by atoms with E-state index in [1.165, 1.54) is 0 Å². The van der Waals surface area contributed by atoms with Crippen molar-refractivity contribution in [2.24, 2.45) is 0 Å². The number of para-hydroxylation sites is 2. The lowest BCUT2D eigenvalue weighted by Crippen LogP contribution is -2.19. The van der Waals surface area contributed by atoms with Gasteiger partial charge in [-0.3, -0.25) is 4.79 Å². The molecule has 0 aliphatic heterocycles. The normalized spacial score (nSPS) is 11.0. The first-order valence-corrected chi connectivity index (χ1v) is 8.50. The van der Waals surface area contributed by atoms with Gasteiger partial charge < -0.3 is 15.6 Å². The Kier molecular flexibility index (Phi) is 4.25. The van der Waals surface area contributed by atoms with E-state index < -0.39 is 0 Å². The molecular formula is C18H15ClN6O2. The van der Waals surface area contributed by atoms with Crippen molar-refractivity contribution < 1.29 is 9.42 Å². The van der Waals surface area contributed by atoms with Crippen molar-refractivity contribution in [3.8, 4) is 11.5 Å². The molecule has 0 aliphatic carbocycles. The number of rotatable bonds is 4. The summed E-state index contributed by atoms with van der Waals surface area (Å²) in [5.41, 5.74) is 9.16. The average Bonchev–Trinajstić information content (AvgIpc) is 3.17. The number of amides is 1. The van der Waals surface area contributed by atoms with Crippen LogP contribution in [0.4, 0.5) is 11.5 Å². The number of nitrogen functional groups attached to an aromatic ring is 1. The second-order valence-corrected chi connectivity index (χ2v) is 6.51. The average molecular weight is 383 g/mol. The Morgan fingerprint density at radius 2 is 2.07 bits per heavy atom. The lowest BCUT2D eigenvalue weighted by atomic mass is 10.2. The number of aromatic nitrogens is 4. The van der Waals surface area contributed by atoms with E-state index in [2.05, 4.69) is 25.2 Å². The summed E-state index contributed by atoms with van der Waals surface area (Å²) >= 11 is 6.06. The number of hydrogen-bond donors (Lipinski definition) is 2. The molecule has 0 radical (unpaired) electrons. The Balaban J connectivity index is 1.70. The van der Waals surface area contributed by atoms with E-state index in [1.807, 2.05) is 43.3 Å². The number of imidazole rings is 1. The fraction of sp³-hybridized carbons (Fsp3) is 0.111. The molecule has 0 spiro atoms. The van der Waals surface area contributed by atoms with Crippen molar-refractivity contribution in [2.45, 2.75) is 13.5 Å². The summed E-state index contributed by atoms with van der Waals surface area (Å²) in [4.78, 5) is 17.2. The number of aryl methyl sites for hydroxylation is 1. The van der Waals surface area contributed by atoms with Gasteiger partial charge in [0.15, 0.2) is 17.3 Å². The van der Waals surface area contributed by atoms with E-state index in [0.717, 1.165) is 11.1 Å². The molecule has 8 nitrogen and oxygen atoms in total. The Morgan fingerprint density at radius 1 is 1.26 bits per heavy atom. The van der Waals surface area contributed by atoms with E-state index in [4.69, 9.17) is 17.3 Å². The molecule has 0 fully saturated rings. The number of fused-ring (bicyclic) bond motifs is 1. The first-order chi connectivity index (χ1) is 13.0. The van der Waals surface area contributed by atoms with Crippen LogP contribution < -0.4 is 11.1 Å². The Morgan fingerprint density at radius 3 is 2.81 bits per heavy atom. The predicted octanol–water partition coefficient (Wildman–Crippen LogP) is 3.27. The molecule has 0 saturated heterocycles. The van der Waals surface area contributed by atoms with Gasteiger partial charge in [0.1, 0.15) is 6.54 Å². The van der Waals surface area contributed by atoms with Gasteiger partial charge >= 0.3 is 0 Å². The van der Waals surface area contributed by atoms with Crippen molar-refractivity contribution in [1.82, 2.24) is 19.9 Å². The van der Waals surface area contributed by atoms with Crippen molar-refractivity contribution in [3.63, 3.8) is 0 Å². The van der Waals surface area contributed by atoms with E-state index in [0.29, 0.717) is 22.1 Å². The monoisotopic (exact) mass is 382 g/mol.